The van der Waals surface area contributed by atoms with Crippen molar-refractivity contribution >= 4 is 35.2 Å². The summed E-state index contributed by atoms with van der Waals surface area (Å²) in [7, 11) is -0.800. The average Bonchev–Trinajstić information content (AvgIpc) is 2.45. The second-order valence-electron chi connectivity index (χ2n) is 4.77. The third kappa shape index (κ3) is 2.12. The van der Waals surface area contributed by atoms with Crippen LogP contribution in [0.1, 0.15) is 31.8 Å². The van der Waals surface area contributed by atoms with Gasteiger partial charge in [0.25, 0.3) is 0 Å². The molecule has 0 unspecified atom stereocenters. The van der Waals surface area contributed by atoms with E-state index in [-0.39, 0.29) is 23.7 Å². The summed E-state index contributed by atoms with van der Waals surface area (Å²) in [4.78, 5) is 3.84. The summed E-state index contributed by atoms with van der Waals surface area (Å²) in [5.41, 5.74) is -0.788. The molecule has 1 aliphatic heterocycles. The van der Waals surface area contributed by atoms with Crippen molar-refractivity contribution < 1.29 is 13.4 Å². The molecule has 2 rings (SSSR count). The van der Waals surface area contributed by atoms with Gasteiger partial charge in [-0.15, -0.1) is 0 Å². The van der Waals surface area contributed by atoms with Gasteiger partial charge in [0, 0.05) is 6.17 Å². The van der Waals surface area contributed by atoms with Gasteiger partial charge < -0.3 is 9.31 Å². The quantitative estimate of drug-likeness (QED) is 0.447. The predicted molar refractivity (Wildman–Crippen MR) is 72.7 cm³/mol. The molecule has 86 valence electrons. The molecule has 1 saturated heterocycles. The van der Waals surface area contributed by atoms with Crippen LogP contribution in [0.3, 0.4) is 0 Å². The molecule has 1 aliphatic rings. The highest BCUT2D eigenvalue weighted by atomic mass is 127. The molecule has 0 aliphatic carbocycles. The van der Waals surface area contributed by atoms with Crippen LogP contribution in [0, 0.1) is 3.70 Å². The van der Waals surface area contributed by atoms with Crippen molar-refractivity contribution in [2.75, 3.05) is 0 Å². The van der Waals surface area contributed by atoms with Crippen LogP contribution in [0.2, 0.25) is 0 Å². The second-order valence-corrected chi connectivity index (χ2v) is 5.79. The molecule has 0 amide bonds. The van der Waals surface area contributed by atoms with Crippen LogP contribution in [-0.4, -0.2) is 23.3 Å². The lowest BCUT2D eigenvalue weighted by molar-refractivity contribution is 0.00578. The van der Waals surface area contributed by atoms with Crippen LogP contribution in [0.4, 0.5) is 0 Å². The molecule has 16 heavy (non-hydrogen) atoms. The number of nitrogens with zero attached hydrogens (tertiary/aromatic N) is 1. The summed E-state index contributed by atoms with van der Waals surface area (Å²) in [6, 6.07) is -0.0102. The van der Waals surface area contributed by atoms with Gasteiger partial charge in [0.15, 0.2) is 0 Å². The maximum absolute atomic E-state index is 8.02. The molecular formula is C11H15BINO2. The molecule has 1 aromatic heterocycles. The summed E-state index contributed by atoms with van der Waals surface area (Å²) in [6.07, 6.45) is -0.162. The normalized spacial score (nSPS) is 25.1. The minimum atomic E-state index is -0.800. The molecule has 1 aromatic rings. The molecule has 0 bridgehead atoms. The zero-order valence-corrected chi connectivity index (χ0v) is 11.9. The Bertz CT molecular complexity index is 497. The SMILES string of the molecule is [2H]c1nc(I)c([2H])c(B2OC(C)(C)C(C)(C)O2)c1[2H]. The van der Waals surface area contributed by atoms with Crippen molar-refractivity contribution in [3.63, 3.8) is 0 Å². The minimum Gasteiger partial charge on any atom is -0.399 e. The van der Waals surface area contributed by atoms with Crippen molar-refractivity contribution in [2.45, 2.75) is 38.9 Å². The Labute approximate surface area is 114 Å². The van der Waals surface area contributed by atoms with Crippen molar-refractivity contribution in [1.29, 1.82) is 0 Å². The molecule has 0 N–H and O–H groups in total. The Kier molecular flexibility index (Phi) is 2.20. The van der Waals surface area contributed by atoms with Crippen molar-refractivity contribution in [3.8, 4) is 0 Å². The summed E-state index contributed by atoms with van der Waals surface area (Å²) >= 11 is 1.88. The topological polar surface area (TPSA) is 31.4 Å². The molecule has 0 radical (unpaired) electrons. The van der Waals surface area contributed by atoms with E-state index < -0.39 is 18.3 Å². The number of hydrogen-bond donors (Lipinski definition) is 0. The first-order valence-electron chi connectivity index (χ1n) is 6.55. The standard InChI is InChI=1S/C11H15BINO2/c1-10(2)11(3,4)16-12(15-10)8-5-6-14-9(13)7-8/h5-7H,1-4H3/i5D,6D,7D. The summed E-state index contributed by atoms with van der Waals surface area (Å²) < 4.78 is 35.7. The monoisotopic (exact) mass is 334 g/mol. The Morgan fingerprint density at radius 1 is 1.31 bits per heavy atom. The lowest BCUT2D eigenvalue weighted by Crippen LogP contribution is -2.41. The highest BCUT2D eigenvalue weighted by Gasteiger charge is 2.51. The van der Waals surface area contributed by atoms with E-state index in [0.29, 0.717) is 3.70 Å². The van der Waals surface area contributed by atoms with Gasteiger partial charge in [-0.05, 0) is 67.8 Å². The van der Waals surface area contributed by atoms with Gasteiger partial charge in [-0.25, -0.2) is 0 Å². The largest absolute Gasteiger partial charge is 0.494 e. The van der Waals surface area contributed by atoms with Gasteiger partial charge in [0.2, 0.25) is 0 Å². The highest BCUT2D eigenvalue weighted by Crippen LogP contribution is 2.36. The molecule has 2 heterocycles. The van der Waals surface area contributed by atoms with Gasteiger partial charge in [0.1, 0.15) is 3.70 Å². The van der Waals surface area contributed by atoms with Gasteiger partial charge in [-0.2, -0.15) is 0 Å². The number of pyridine rings is 1. The van der Waals surface area contributed by atoms with Gasteiger partial charge in [-0.1, -0.05) is 0 Å². The van der Waals surface area contributed by atoms with Gasteiger partial charge >= 0.3 is 7.12 Å². The molecule has 0 atom stereocenters. The van der Waals surface area contributed by atoms with E-state index in [0.717, 1.165) is 0 Å². The summed E-state index contributed by atoms with van der Waals surface area (Å²) in [5.74, 6) is 0. The number of halogens is 1. The number of rotatable bonds is 1. The second kappa shape index (κ2) is 3.96. The van der Waals surface area contributed by atoms with Crippen LogP contribution in [0.25, 0.3) is 0 Å². The number of hydrogen-bond acceptors (Lipinski definition) is 3. The fourth-order valence-electron chi connectivity index (χ4n) is 1.39. The van der Waals surface area contributed by atoms with Crippen LogP contribution in [-0.2, 0) is 9.31 Å². The van der Waals surface area contributed by atoms with Crippen molar-refractivity contribution in [2.24, 2.45) is 0 Å². The van der Waals surface area contributed by atoms with E-state index >= 15 is 0 Å². The van der Waals surface area contributed by atoms with E-state index in [1.807, 2.05) is 50.3 Å². The maximum Gasteiger partial charge on any atom is 0.494 e. The molecule has 0 saturated carbocycles. The first-order valence-corrected chi connectivity index (χ1v) is 6.13. The predicted octanol–water partition coefficient (Wildman–Crippen LogP) is 1.99. The fourth-order valence-corrected chi connectivity index (χ4v) is 1.80. The molecule has 1 fully saturated rings. The lowest BCUT2D eigenvalue weighted by atomic mass is 9.80. The molecule has 0 spiro atoms. The number of aromatic nitrogens is 1. The smallest absolute Gasteiger partial charge is 0.399 e. The Morgan fingerprint density at radius 2 is 1.88 bits per heavy atom. The zero-order valence-electron chi connectivity index (χ0n) is 12.7. The minimum absolute atomic E-state index is 0.0973. The van der Waals surface area contributed by atoms with Crippen LogP contribution < -0.4 is 5.46 Å². The molecule has 3 nitrogen and oxygen atoms in total. The van der Waals surface area contributed by atoms with E-state index in [9.17, 15) is 0 Å². The van der Waals surface area contributed by atoms with Gasteiger partial charge in [-0.3, -0.25) is 4.98 Å². The highest BCUT2D eigenvalue weighted by molar-refractivity contribution is 14.1. The van der Waals surface area contributed by atoms with Crippen LogP contribution in [0.5, 0.6) is 0 Å². The third-order valence-corrected chi connectivity index (χ3v) is 3.58. The Balaban J connectivity index is 2.51. The summed E-state index contributed by atoms with van der Waals surface area (Å²) in [5, 5.41) is 0. The fraction of sp³-hybridized carbons (Fsp3) is 0.545. The van der Waals surface area contributed by atoms with Crippen molar-refractivity contribution in [1.82, 2.24) is 4.98 Å². The van der Waals surface area contributed by atoms with E-state index in [4.69, 9.17) is 13.4 Å². The zero-order chi connectivity index (χ0) is 14.6. The van der Waals surface area contributed by atoms with E-state index in [1.165, 1.54) is 0 Å². The Morgan fingerprint density at radius 3 is 2.44 bits per heavy atom. The molecule has 5 heteroatoms. The lowest BCUT2D eigenvalue weighted by Gasteiger charge is -2.32. The first-order chi connectivity index (χ1) is 8.57. The third-order valence-electron chi connectivity index (χ3n) is 3.07. The van der Waals surface area contributed by atoms with E-state index in [2.05, 4.69) is 4.98 Å². The maximum atomic E-state index is 8.02. The Hall–Kier alpha value is -0.135. The summed E-state index contributed by atoms with van der Waals surface area (Å²) in [6.45, 7) is 7.64. The van der Waals surface area contributed by atoms with Crippen LogP contribution >= 0.6 is 22.6 Å². The molecule has 0 aromatic carbocycles. The van der Waals surface area contributed by atoms with Crippen molar-refractivity contribution in [3.05, 3.63) is 22.0 Å². The van der Waals surface area contributed by atoms with E-state index in [1.54, 1.807) is 0 Å². The van der Waals surface area contributed by atoms with Crippen LogP contribution in [0.15, 0.2) is 18.3 Å². The first kappa shape index (κ1) is 8.88. The average molecular weight is 334 g/mol. The molecular weight excluding hydrogens is 316 g/mol. The van der Waals surface area contributed by atoms with Gasteiger partial charge in [0.05, 0.1) is 15.3 Å².